The molecule has 1 heterocycles. The second-order valence-electron chi connectivity index (χ2n) is 9.82. The van der Waals surface area contributed by atoms with Crippen LogP contribution < -0.4 is 24.7 Å². The van der Waals surface area contributed by atoms with Crippen LogP contribution in [-0.4, -0.2) is 32.2 Å². The lowest BCUT2D eigenvalue weighted by Crippen LogP contribution is -2.27. The molecule has 190 valence electrons. The number of benzene rings is 3. The Labute approximate surface area is 213 Å². The van der Waals surface area contributed by atoms with Crippen molar-refractivity contribution in [1.29, 1.82) is 0 Å². The van der Waals surface area contributed by atoms with Crippen molar-refractivity contribution in [3.05, 3.63) is 77.4 Å². The van der Waals surface area contributed by atoms with E-state index in [1.165, 1.54) is 5.56 Å². The Kier molecular flexibility index (Phi) is 7.23. The average Bonchev–Trinajstić information content (AvgIpc) is 3.40. The Hall–Kier alpha value is -3.38. The summed E-state index contributed by atoms with van der Waals surface area (Å²) in [4.78, 5) is 0. The molecule has 0 bridgehead atoms. The van der Waals surface area contributed by atoms with Crippen molar-refractivity contribution in [3.8, 4) is 23.0 Å². The van der Waals surface area contributed by atoms with Gasteiger partial charge in [-0.15, -0.1) is 0 Å². The topological polar surface area (TPSA) is 83.2 Å². The van der Waals surface area contributed by atoms with Gasteiger partial charge in [-0.3, -0.25) is 0 Å². The van der Waals surface area contributed by atoms with Crippen molar-refractivity contribution in [3.63, 3.8) is 0 Å². The van der Waals surface area contributed by atoms with Gasteiger partial charge < -0.3 is 29.8 Å². The Morgan fingerprint density at radius 2 is 1.67 bits per heavy atom. The van der Waals surface area contributed by atoms with Gasteiger partial charge in [0.1, 0.15) is 11.5 Å². The zero-order valence-electron chi connectivity index (χ0n) is 21.0. The number of rotatable bonds is 8. The quantitative estimate of drug-likeness (QED) is 0.385. The highest BCUT2D eigenvalue weighted by atomic mass is 16.7. The fourth-order valence-corrected chi connectivity index (χ4v) is 5.83. The summed E-state index contributed by atoms with van der Waals surface area (Å²) in [6.45, 7) is 0.213. The number of hydrogen-bond acceptors (Lipinski definition) is 6. The van der Waals surface area contributed by atoms with Gasteiger partial charge in [-0.2, -0.15) is 0 Å². The molecule has 6 heteroatoms. The number of anilines is 1. The molecule has 1 saturated carbocycles. The zero-order valence-corrected chi connectivity index (χ0v) is 21.0. The Morgan fingerprint density at radius 1 is 0.917 bits per heavy atom. The molecule has 36 heavy (non-hydrogen) atoms. The number of fused-ring (bicyclic) bond motifs is 1. The van der Waals surface area contributed by atoms with Gasteiger partial charge in [0.05, 0.1) is 20.3 Å². The molecular formula is C30H35NO5. The lowest BCUT2D eigenvalue weighted by atomic mass is 9.74. The number of aliphatic hydroxyl groups is 1. The van der Waals surface area contributed by atoms with Gasteiger partial charge in [0.15, 0.2) is 11.5 Å². The predicted octanol–water partition coefficient (Wildman–Crippen LogP) is 5.87. The number of methoxy groups -OCH3 is 2. The molecule has 0 aromatic heterocycles. The van der Waals surface area contributed by atoms with Crippen LogP contribution in [0.2, 0.25) is 0 Å². The average molecular weight is 490 g/mol. The lowest BCUT2D eigenvalue weighted by molar-refractivity contribution is 0.0700. The van der Waals surface area contributed by atoms with E-state index in [4.69, 9.17) is 24.7 Å². The van der Waals surface area contributed by atoms with E-state index in [1.54, 1.807) is 14.2 Å². The zero-order chi connectivity index (χ0) is 25.1. The van der Waals surface area contributed by atoms with Crippen molar-refractivity contribution in [2.45, 2.75) is 50.0 Å². The van der Waals surface area contributed by atoms with Crippen molar-refractivity contribution in [2.75, 3.05) is 26.7 Å². The molecule has 1 aliphatic carbocycles. The first kappa shape index (κ1) is 24.3. The third kappa shape index (κ3) is 4.96. The Bertz CT molecular complexity index is 1170. The molecule has 0 saturated heterocycles. The van der Waals surface area contributed by atoms with Crippen LogP contribution in [0.4, 0.5) is 5.69 Å². The monoisotopic (exact) mass is 489 g/mol. The number of nitrogen functional groups attached to an aromatic ring is 1. The lowest BCUT2D eigenvalue weighted by Gasteiger charge is -2.34. The third-order valence-electron chi connectivity index (χ3n) is 7.81. The highest BCUT2D eigenvalue weighted by Gasteiger charge is 2.32. The van der Waals surface area contributed by atoms with Crippen LogP contribution in [0.15, 0.2) is 60.7 Å². The third-order valence-corrected chi connectivity index (χ3v) is 7.81. The number of hydrogen-bond donors (Lipinski definition) is 2. The first-order chi connectivity index (χ1) is 17.6. The van der Waals surface area contributed by atoms with Crippen LogP contribution in [0.25, 0.3) is 0 Å². The molecular weight excluding hydrogens is 454 g/mol. The molecule has 1 aliphatic heterocycles. The number of aliphatic hydroxyl groups excluding tert-OH is 1. The molecule has 0 amide bonds. The van der Waals surface area contributed by atoms with Gasteiger partial charge in [0.2, 0.25) is 6.79 Å². The molecule has 2 unspecified atom stereocenters. The molecule has 1 fully saturated rings. The van der Waals surface area contributed by atoms with E-state index in [-0.39, 0.29) is 18.6 Å². The number of nitrogens with two attached hydrogens (primary N) is 1. The molecule has 2 aliphatic rings. The van der Waals surface area contributed by atoms with Crippen LogP contribution in [-0.2, 0) is 0 Å². The molecule has 0 radical (unpaired) electrons. The minimum absolute atomic E-state index is 0.179. The molecule has 0 spiro atoms. The second kappa shape index (κ2) is 10.7. The van der Waals surface area contributed by atoms with Gasteiger partial charge in [-0.1, -0.05) is 36.4 Å². The normalized spacial score (nSPS) is 20.5. The maximum atomic E-state index is 11.5. The maximum absolute atomic E-state index is 11.5. The maximum Gasteiger partial charge on any atom is 0.231 e. The van der Waals surface area contributed by atoms with Crippen molar-refractivity contribution in [2.24, 2.45) is 5.92 Å². The molecule has 5 rings (SSSR count). The van der Waals surface area contributed by atoms with Crippen LogP contribution >= 0.6 is 0 Å². The summed E-state index contributed by atoms with van der Waals surface area (Å²) in [7, 11) is 3.24. The van der Waals surface area contributed by atoms with Crippen molar-refractivity contribution >= 4 is 5.69 Å². The fraction of sp³-hybridized carbons (Fsp3) is 0.400. The summed E-state index contributed by atoms with van der Waals surface area (Å²) < 4.78 is 22.4. The highest BCUT2D eigenvalue weighted by Crippen LogP contribution is 2.46. The summed E-state index contributed by atoms with van der Waals surface area (Å²) >= 11 is 0. The minimum Gasteiger partial charge on any atom is -0.497 e. The van der Waals surface area contributed by atoms with Gasteiger partial charge >= 0.3 is 0 Å². The summed E-state index contributed by atoms with van der Waals surface area (Å²) in [5.41, 5.74) is 10.4. The molecule has 3 aromatic carbocycles. The van der Waals surface area contributed by atoms with Gasteiger partial charge in [0.25, 0.3) is 0 Å². The summed E-state index contributed by atoms with van der Waals surface area (Å²) in [5.74, 6) is 3.35. The van der Waals surface area contributed by atoms with Crippen molar-refractivity contribution in [1.82, 2.24) is 0 Å². The molecule has 3 aromatic rings. The fourth-order valence-electron chi connectivity index (χ4n) is 5.83. The first-order valence-corrected chi connectivity index (χ1v) is 12.7. The second-order valence-corrected chi connectivity index (χ2v) is 9.82. The van der Waals surface area contributed by atoms with Crippen LogP contribution in [0.5, 0.6) is 23.0 Å². The van der Waals surface area contributed by atoms with E-state index >= 15 is 0 Å². The highest BCUT2D eigenvalue weighted by molar-refractivity contribution is 5.63. The standard InChI is InChI=1S/C30H35NO5/c1-33-23-15-25(31)30(29(16-23)34-2)24(22-12-13-27-28(14-22)36-18-35-27)17-26(32)21-10-8-20(9-11-21)19-6-4-3-5-7-19/h3-7,12-16,20-21,24,26,32H,8-11,17-18,31H2,1-2H3. The van der Waals surface area contributed by atoms with Gasteiger partial charge in [0, 0.05) is 29.3 Å². The first-order valence-electron chi connectivity index (χ1n) is 12.7. The predicted molar refractivity (Wildman–Crippen MR) is 140 cm³/mol. The van der Waals surface area contributed by atoms with E-state index in [0.717, 1.165) is 42.6 Å². The smallest absolute Gasteiger partial charge is 0.231 e. The summed E-state index contributed by atoms with van der Waals surface area (Å²) in [6, 6.07) is 20.3. The minimum atomic E-state index is -0.469. The van der Waals surface area contributed by atoms with Crippen LogP contribution in [0.1, 0.15) is 60.6 Å². The Balaban J connectivity index is 1.41. The molecule has 6 nitrogen and oxygen atoms in total. The van der Waals surface area contributed by atoms with Crippen molar-refractivity contribution < 1.29 is 24.1 Å². The SMILES string of the molecule is COc1cc(N)c(C(CC(O)C2CCC(c3ccccc3)CC2)c2ccc3c(c2)OCO3)c(OC)c1. The van der Waals surface area contributed by atoms with Crippen LogP contribution in [0, 0.1) is 5.92 Å². The summed E-state index contributed by atoms with van der Waals surface area (Å²) in [6.07, 6.45) is 4.26. The van der Waals surface area contributed by atoms with E-state index in [1.807, 2.05) is 30.3 Å². The van der Waals surface area contributed by atoms with Gasteiger partial charge in [-0.05, 0) is 67.2 Å². The Morgan fingerprint density at radius 3 is 2.39 bits per heavy atom. The molecule has 2 atom stereocenters. The van der Waals surface area contributed by atoms with E-state index in [9.17, 15) is 5.11 Å². The largest absolute Gasteiger partial charge is 0.497 e. The molecule has 3 N–H and O–H groups in total. The number of ether oxygens (including phenoxy) is 4. The van der Waals surface area contributed by atoms with E-state index < -0.39 is 6.10 Å². The van der Waals surface area contributed by atoms with E-state index in [2.05, 4.69) is 30.3 Å². The van der Waals surface area contributed by atoms with Crippen LogP contribution in [0.3, 0.4) is 0 Å². The van der Waals surface area contributed by atoms with E-state index in [0.29, 0.717) is 35.3 Å². The van der Waals surface area contributed by atoms with Gasteiger partial charge in [-0.25, -0.2) is 0 Å². The summed E-state index contributed by atoms with van der Waals surface area (Å²) in [5, 5.41) is 11.5.